The van der Waals surface area contributed by atoms with Crippen molar-refractivity contribution in [1.82, 2.24) is 24.3 Å². The first-order valence-corrected chi connectivity index (χ1v) is 16.3. The molecule has 0 radical (unpaired) electrons. The molecule has 0 saturated carbocycles. The third-order valence-electron chi connectivity index (χ3n) is 8.29. The normalized spacial score (nSPS) is 22.5. The number of nitrogens with one attached hydrogen (secondary N) is 1. The smallest absolute Gasteiger partial charge is 0.326 e. The van der Waals surface area contributed by atoms with Gasteiger partial charge in [-0.25, -0.2) is 13.2 Å². The lowest BCUT2D eigenvalue weighted by molar-refractivity contribution is -0.143. The minimum absolute atomic E-state index is 0.0198. The molecule has 41 heavy (non-hydrogen) atoms. The van der Waals surface area contributed by atoms with E-state index >= 15 is 0 Å². The largest absolute Gasteiger partial charge is 0.480 e. The average Bonchev–Trinajstić information content (AvgIpc) is 3.43. The van der Waals surface area contributed by atoms with E-state index in [4.69, 9.17) is 23.2 Å². The van der Waals surface area contributed by atoms with Crippen LogP contribution >= 0.6 is 23.2 Å². The molecule has 3 saturated heterocycles. The number of nitrogens with zero attached hydrogens (tertiary/aromatic N) is 4. The summed E-state index contributed by atoms with van der Waals surface area (Å²) in [7, 11) is -1.97. The van der Waals surface area contributed by atoms with Gasteiger partial charge < -0.3 is 25.1 Å². The molecule has 2 atom stereocenters. The van der Waals surface area contributed by atoms with Crippen molar-refractivity contribution in [2.45, 2.75) is 55.5 Å². The summed E-state index contributed by atoms with van der Waals surface area (Å²) < 4.78 is 27.6. The second-order valence-corrected chi connectivity index (χ2v) is 14.0. The van der Waals surface area contributed by atoms with E-state index in [1.54, 1.807) is 4.90 Å². The molecule has 3 heterocycles. The molecule has 3 fully saturated rings. The summed E-state index contributed by atoms with van der Waals surface area (Å²) in [6.07, 6.45) is 2.42. The Kier molecular flexibility index (Phi) is 10.9. The van der Waals surface area contributed by atoms with Gasteiger partial charge in [-0.15, -0.1) is 0 Å². The van der Waals surface area contributed by atoms with Crippen molar-refractivity contribution in [2.24, 2.45) is 5.92 Å². The average molecular weight is 633 g/mol. The molecular formula is C27H39Cl2N5O6S. The number of rotatable bonds is 10. The molecule has 2 N–H and O–H groups in total. The van der Waals surface area contributed by atoms with Crippen molar-refractivity contribution in [3.05, 3.63) is 28.2 Å². The summed E-state index contributed by atoms with van der Waals surface area (Å²) in [5.41, 5.74) is 0. The maximum atomic E-state index is 13.3. The van der Waals surface area contributed by atoms with Gasteiger partial charge in [-0.05, 0) is 63.3 Å². The maximum absolute atomic E-state index is 13.3. The Morgan fingerprint density at radius 1 is 0.976 bits per heavy atom. The molecule has 4 rings (SSSR count). The van der Waals surface area contributed by atoms with E-state index in [1.807, 2.05) is 0 Å². The number of hydrogen-bond acceptors (Lipinski definition) is 7. The van der Waals surface area contributed by atoms with Crippen LogP contribution in [0.1, 0.15) is 38.5 Å². The van der Waals surface area contributed by atoms with Crippen LogP contribution in [0.4, 0.5) is 0 Å². The van der Waals surface area contributed by atoms with Gasteiger partial charge in [0.2, 0.25) is 21.8 Å². The first-order chi connectivity index (χ1) is 19.4. The molecule has 228 valence electrons. The number of carboxylic acid groups (broad SMARTS) is 1. The molecule has 0 bridgehead atoms. The second kappa shape index (κ2) is 14.0. The Morgan fingerprint density at radius 2 is 1.61 bits per heavy atom. The number of sulfonamides is 1. The fourth-order valence-corrected chi connectivity index (χ4v) is 8.20. The lowest BCUT2D eigenvalue weighted by Crippen LogP contribution is -2.51. The van der Waals surface area contributed by atoms with Crippen LogP contribution in [0, 0.1) is 5.92 Å². The molecule has 0 spiro atoms. The topological polar surface area (TPSA) is 131 Å². The van der Waals surface area contributed by atoms with Crippen molar-refractivity contribution >= 4 is 51.0 Å². The number of carbonyl (C=O) groups excluding carboxylic acids is 2. The molecule has 0 aliphatic carbocycles. The summed E-state index contributed by atoms with van der Waals surface area (Å²) in [5, 5.41) is 12.5. The Bertz CT molecular complexity index is 1200. The van der Waals surface area contributed by atoms with Gasteiger partial charge in [0.25, 0.3) is 0 Å². The van der Waals surface area contributed by atoms with Crippen LogP contribution < -0.4 is 5.32 Å². The molecule has 11 nitrogen and oxygen atoms in total. The Morgan fingerprint density at radius 3 is 2.22 bits per heavy atom. The van der Waals surface area contributed by atoms with Gasteiger partial charge >= 0.3 is 5.97 Å². The lowest BCUT2D eigenvalue weighted by Gasteiger charge is -2.38. The van der Waals surface area contributed by atoms with Crippen LogP contribution in [0.15, 0.2) is 23.1 Å². The number of benzene rings is 1. The number of carboxylic acids is 1. The van der Waals surface area contributed by atoms with Gasteiger partial charge in [-0.3, -0.25) is 9.59 Å². The first-order valence-electron chi connectivity index (χ1n) is 14.1. The fraction of sp³-hybridized carbons (Fsp3) is 0.667. The highest BCUT2D eigenvalue weighted by molar-refractivity contribution is 7.89. The lowest BCUT2D eigenvalue weighted by atomic mass is 9.95. The summed E-state index contributed by atoms with van der Waals surface area (Å²) in [5.74, 6) is -1.57. The van der Waals surface area contributed by atoms with Crippen molar-refractivity contribution in [3.63, 3.8) is 0 Å². The standard InChI is InChI=1S/C27H39Cl2N5O6S/c1-31-11-13-32(14-12-31)18-19-6-9-33(10-7-19)25(35)5-4-23(27(37)38)30-26(36)24-3-2-8-34(24)41(39,40)22-16-20(28)15-21(29)17-22/h15-17,19,23-24H,2-14,18H2,1H3,(H,30,36)(H,37,38)/t23-,24+/m0/s1. The molecule has 3 aliphatic heterocycles. The quantitative estimate of drug-likeness (QED) is 0.401. The predicted molar refractivity (Wildman–Crippen MR) is 155 cm³/mol. The van der Waals surface area contributed by atoms with Crippen molar-refractivity contribution in [3.8, 4) is 0 Å². The van der Waals surface area contributed by atoms with E-state index < -0.39 is 34.0 Å². The summed E-state index contributed by atoms with van der Waals surface area (Å²) in [6, 6.07) is 1.54. The zero-order chi connectivity index (χ0) is 29.7. The van der Waals surface area contributed by atoms with Crippen LogP contribution in [0.5, 0.6) is 0 Å². The Labute approximate surface area is 251 Å². The highest BCUT2D eigenvalue weighted by atomic mass is 35.5. The summed E-state index contributed by atoms with van der Waals surface area (Å²) in [4.78, 5) is 44.4. The van der Waals surface area contributed by atoms with Gasteiger partial charge in [-0.2, -0.15) is 4.31 Å². The molecule has 0 aromatic heterocycles. The van der Waals surface area contributed by atoms with E-state index in [0.29, 0.717) is 25.4 Å². The van der Waals surface area contributed by atoms with Crippen LogP contribution in [0.3, 0.4) is 0 Å². The molecule has 2 amide bonds. The minimum atomic E-state index is -4.10. The number of amides is 2. The monoisotopic (exact) mass is 631 g/mol. The highest BCUT2D eigenvalue weighted by Crippen LogP contribution is 2.30. The molecule has 1 aromatic carbocycles. The van der Waals surface area contributed by atoms with Crippen molar-refractivity contribution in [2.75, 3.05) is 59.4 Å². The van der Waals surface area contributed by atoms with E-state index in [2.05, 4.69) is 22.2 Å². The first kappa shape index (κ1) is 32.0. The summed E-state index contributed by atoms with van der Waals surface area (Å²) in [6.45, 7) is 6.71. The van der Waals surface area contributed by atoms with Gasteiger partial charge in [0, 0.05) is 68.8 Å². The van der Waals surface area contributed by atoms with Crippen LogP contribution in [-0.4, -0.2) is 122 Å². The van der Waals surface area contributed by atoms with E-state index in [1.165, 1.54) is 18.2 Å². The number of halogens is 2. The van der Waals surface area contributed by atoms with Gasteiger partial charge in [-0.1, -0.05) is 23.2 Å². The molecule has 1 aromatic rings. The number of carbonyl (C=O) groups is 3. The van der Waals surface area contributed by atoms with Gasteiger partial charge in [0.05, 0.1) is 4.90 Å². The molecular weight excluding hydrogens is 593 g/mol. The molecule has 3 aliphatic rings. The number of likely N-dealkylation sites (N-methyl/N-ethyl adjacent to an activating group) is 1. The fourth-order valence-electron chi connectivity index (χ4n) is 5.81. The predicted octanol–water partition coefficient (Wildman–Crippen LogP) is 1.98. The Hall–Kier alpha value is -1.96. The molecule has 0 unspecified atom stereocenters. The number of piperazine rings is 1. The zero-order valence-electron chi connectivity index (χ0n) is 23.3. The van der Waals surface area contributed by atoms with Gasteiger partial charge in [0.1, 0.15) is 12.1 Å². The number of hydrogen-bond donors (Lipinski definition) is 2. The Balaban J connectivity index is 1.28. The maximum Gasteiger partial charge on any atom is 0.326 e. The van der Waals surface area contributed by atoms with E-state index in [-0.39, 0.29) is 46.7 Å². The van der Waals surface area contributed by atoms with Crippen LogP contribution in [0.25, 0.3) is 0 Å². The van der Waals surface area contributed by atoms with E-state index in [9.17, 15) is 27.9 Å². The number of aliphatic carboxylic acids is 1. The third kappa shape index (κ3) is 8.32. The van der Waals surface area contributed by atoms with Crippen molar-refractivity contribution in [1.29, 1.82) is 0 Å². The highest BCUT2D eigenvalue weighted by Gasteiger charge is 2.41. The number of piperidine rings is 1. The van der Waals surface area contributed by atoms with Gasteiger partial charge in [0.15, 0.2) is 0 Å². The second-order valence-electron chi connectivity index (χ2n) is 11.2. The van der Waals surface area contributed by atoms with E-state index in [0.717, 1.165) is 49.9 Å². The zero-order valence-corrected chi connectivity index (χ0v) is 25.6. The molecule has 14 heteroatoms. The summed E-state index contributed by atoms with van der Waals surface area (Å²) >= 11 is 12.0. The minimum Gasteiger partial charge on any atom is -0.480 e. The van der Waals surface area contributed by atoms with Crippen LogP contribution in [-0.2, 0) is 24.4 Å². The third-order valence-corrected chi connectivity index (χ3v) is 10.6. The number of likely N-dealkylation sites (tertiary alicyclic amines) is 1. The SMILES string of the molecule is CN1CCN(CC2CCN(C(=O)CC[C@H](NC(=O)[C@H]3CCCN3S(=O)(=O)c3cc(Cl)cc(Cl)c3)C(=O)O)CC2)CC1. The van der Waals surface area contributed by atoms with Crippen molar-refractivity contribution < 1.29 is 27.9 Å². The van der Waals surface area contributed by atoms with Crippen LogP contribution in [0.2, 0.25) is 10.0 Å².